The first-order chi connectivity index (χ1) is 18.7. The lowest BCUT2D eigenvalue weighted by Crippen LogP contribution is -2.30. The average molecular weight is 619 g/mol. The van der Waals surface area contributed by atoms with E-state index < -0.39 is 44.4 Å². The molecule has 0 heterocycles. The fourth-order valence-corrected chi connectivity index (χ4v) is 4.02. The van der Waals surface area contributed by atoms with Crippen LogP contribution in [0.4, 0.5) is 0 Å². The highest BCUT2D eigenvalue weighted by atomic mass is 31.2. The highest BCUT2D eigenvalue weighted by Crippen LogP contribution is 2.55. The van der Waals surface area contributed by atoms with Crippen molar-refractivity contribution in [3.63, 3.8) is 0 Å². The molecule has 14 heteroatoms. The third kappa shape index (κ3) is 15.1. The van der Waals surface area contributed by atoms with Crippen LogP contribution in [0.3, 0.4) is 0 Å². The largest absolute Gasteiger partial charge is 0.460 e. The number of hydrogen-bond acceptors (Lipinski definition) is 10. The van der Waals surface area contributed by atoms with Crippen LogP contribution in [0.1, 0.15) is 41.5 Å². The van der Waals surface area contributed by atoms with Crippen molar-refractivity contribution < 1.29 is 56.6 Å². The first kappa shape index (κ1) is 38.1. The number of carbonyl (C=O) groups is 3. The summed E-state index contributed by atoms with van der Waals surface area (Å²) in [5, 5.41) is -0.835. The zero-order chi connectivity index (χ0) is 32.0. The maximum absolute atomic E-state index is 12.2. The lowest BCUT2D eigenvalue weighted by Gasteiger charge is -2.29. The lowest BCUT2D eigenvalue weighted by molar-refractivity contribution is -0.146. The molecule has 0 bridgehead atoms. The third-order valence-corrected chi connectivity index (χ3v) is 8.41. The van der Waals surface area contributed by atoms with Crippen LogP contribution < -0.4 is 5.30 Å². The summed E-state index contributed by atoms with van der Waals surface area (Å²) < 4.78 is 48.6. The van der Waals surface area contributed by atoms with E-state index in [1.807, 2.05) is 0 Å². The minimum absolute atomic E-state index is 0.0942. The molecule has 0 amide bonds. The van der Waals surface area contributed by atoms with E-state index in [0.717, 1.165) is 0 Å². The predicted octanol–water partition coefficient (Wildman–Crippen LogP) is 4.23. The van der Waals surface area contributed by atoms with Gasteiger partial charge in [-0.2, -0.15) is 0 Å². The molecule has 0 aliphatic carbocycles. The molecule has 2 unspecified atom stereocenters. The Morgan fingerprint density at radius 2 is 1.20 bits per heavy atom. The molecular weight excluding hydrogens is 578 g/mol. The molecule has 0 fully saturated rings. The summed E-state index contributed by atoms with van der Waals surface area (Å²) in [6, 6.07) is 8.02. The van der Waals surface area contributed by atoms with E-state index in [2.05, 4.69) is 19.7 Å². The monoisotopic (exact) mass is 618 g/mol. The van der Waals surface area contributed by atoms with Gasteiger partial charge in [-0.15, -0.1) is 0 Å². The van der Waals surface area contributed by atoms with Crippen LogP contribution in [0.2, 0.25) is 0 Å². The standard InChI is InChI=1S/C15H25O7P.C12H15O5P/c1-10(2)13(16)20-8-12(9-21-14(17)11(3)4)22-23(18,19)15(5,6)7;1-10(2)12(13)16-8-9-17-18(14,15)11-6-4-3-5-7-11/h12H,1,3,8-9H2,2,4-7H3,(H,18,19);3-7H,1,8-9H2,2H3,(H,14,15). The molecule has 12 nitrogen and oxygen atoms in total. The zero-order valence-corrected chi connectivity index (χ0v) is 26.1. The second-order valence-electron chi connectivity index (χ2n) is 9.78. The normalized spacial score (nSPS) is 13.9. The zero-order valence-electron chi connectivity index (χ0n) is 24.3. The van der Waals surface area contributed by atoms with Crippen LogP contribution in [0, 0.1) is 0 Å². The van der Waals surface area contributed by atoms with Crippen LogP contribution in [-0.4, -0.2) is 65.4 Å². The van der Waals surface area contributed by atoms with Crippen molar-refractivity contribution in [1.82, 2.24) is 0 Å². The molecule has 0 spiro atoms. The Morgan fingerprint density at radius 3 is 1.59 bits per heavy atom. The fourth-order valence-electron chi connectivity index (χ4n) is 2.16. The van der Waals surface area contributed by atoms with Gasteiger partial charge in [-0.05, 0) is 53.7 Å². The van der Waals surface area contributed by atoms with E-state index >= 15 is 0 Å². The van der Waals surface area contributed by atoms with Crippen LogP contribution in [0.5, 0.6) is 0 Å². The molecule has 2 atom stereocenters. The Kier molecular flexibility index (Phi) is 16.0. The molecule has 1 rings (SSSR count). The number of rotatable bonds is 14. The molecule has 0 aliphatic rings. The number of hydrogen-bond donors (Lipinski definition) is 2. The van der Waals surface area contributed by atoms with Crippen LogP contribution in [0.25, 0.3) is 0 Å². The molecule has 0 aliphatic heterocycles. The lowest BCUT2D eigenvalue weighted by atomic mass is 10.3. The predicted molar refractivity (Wildman–Crippen MR) is 154 cm³/mol. The van der Waals surface area contributed by atoms with Crippen LogP contribution in [0.15, 0.2) is 66.8 Å². The van der Waals surface area contributed by atoms with Crippen molar-refractivity contribution >= 4 is 38.4 Å². The molecular formula is C27H40O12P2. The van der Waals surface area contributed by atoms with Gasteiger partial charge in [-0.3, -0.25) is 13.7 Å². The van der Waals surface area contributed by atoms with Crippen molar-refractivity contribution in [2.24, 2.45) is 0 Å². The summed E-state index contributed by atoms with van der Waals surface area (Å²) in [5.74, 6) is -1.90. The second kappa shape index (κ2) is 17.2. The van der Waals surface area contributed by atoms with Gasteiger partial charge in [0.05, 0.1) is 17.1 Å². The maximum Gasteiger partial charge on any atom is 0.358 e. The number of esters is 3. The van der Waals surface area contributed by atoms with Gasteiger partial charge in [0.2, 0.25) is 0 Å². The summed E-state index contributed by atoms with van der Waals surface area (Å²) in [7, 11) is -7.87. The Hall–Kier alpha value is -2.85. The maximum atomic E-state index is 12.2. The molecule has 0 saturated heterocycles. The van der Waals surface area contributed by atoms with E-state index in [1.54, 1.807) is 18.2 Å². The Bertz CT molecular complexity index is 1150. The summed E-state index contributed by atoms with van der Waals surface area (Å²) >= 11 is 0. The van der Waals surface area contributed by atoms with Gasteiger partial charge in [-0.1, -0.05) is 37.9 Å². The molecule has 2 N–H and O–H groups in total. The summed E-state index contributed by atoms with van der Waals surface area (Å²) in [4.78, 5) is 53.5. The van der Waals surface area contributed by atoms with Crippen molar-refractivity contribution in [2.45, 2.75) is 52.8 Å². The third-order valence-electron chi connectivity index (χ3n) is 4.65. The summed E-state index contributed by atoms with van der Waals surface area (Å²) in [6.45, 7) is 18.4. The molecule has 0 radical (unpaired) electrons. The summed E-state index contributed by atoms with van der Waals surface area (Å²) in [6.07, 6.45) is -1.09. The van der Waals surface area contributed by atoms with E-state index in [0.29, 0.717) is 0 Å². The highest BCUT2D eigenvalue weighted by Gasteiger charge is 2.39. The van der Waals surface area contributed by atoms with Gasteiger partial charge in [0.25, 0.3) is 0 Å². The molecule has 0 saturated carbocycles. The first-order valence-electron chi connectivity index (χ1n) is 12.2. The molecule has 1 aromatic carbocycles. The van der Waals surface area contributed by atoms with Gasteiger partial charge in [0, 0.05) is 16.7 Å². The van der Waals surface area contributed by atoms with Crippen LogP contribution in [-0.2, 0) is 46.8 Å². The molecule has 41 heavy (non-hydrogen) atoms. The van der Waals surface area contributed by atoms with E-state index in [-0.39, 0.29) is 48.5 Å². The Balaban J connectivity index is 0.000000802. The SMILES string of the molecule is C=C(C)C(=O)OCC(COC(=O)C(=C)C)OP(=O)(O)C(C)(C)C.C=C(C)C(=O)OCCOP(=O)(O)c1ccccc1. The smallest absolute Gasteiger partial charge is 0.358 e. The van der Waals surface area contributed by atoms with E-state index in [4.69, 9.17) is 23.3 Å². The van der Waals surface area contributed by atoms with Gasteiger partial charge >= 0.3 is 33.1 Å². The van der Waals surface area contributed by atoms with E-state index in [1.165, 1.54) is 53.7 Å². The Morgan fingerprint density at radius 1 is 0.780 bits per heavy atom. The molecule has 0 aromatic heterocycles. The quantitative estimate of drug-likeness (QED) is 0.100. The fraction of sp³-hybridized carbons (Fsp3) is 0.444. The summed E-state index contributed by atoms with van der Waals surface area (Å²) in [5.41, 5.74) is 0.613. The van der Waals surface area contributed by atoms with Crippen molar-refractivity contribution in [2.75, 3.05) is 26.4 Å². The van der Waals surface area contributed by atoms with Gasteiger partial charge < -0.3 is 28.5 Å². The molecule has 1 aromatic rings. The van der Waals surface area contributed by atoms with Gasteiger partial charge in [0.15, 0.2) is 0 Å². The number of ether oxygens (including phenoxy) is 3. The number of benzene rings is 1. The van der Waals surface area contributed by atoms with Crippen molar-refractivity contribution in [1.29, 1.82) is 0 Å². The topological polar surface area (TPSA) is 172 Å². The van der Waals surface area contributed by atoms with Crippen LogP contribution >= 0.6 is 15.2 Å². The van der Waals surface area contributed by atoms with Crippen molar-refractivity contribution in [3.8, 4) is 0 Å². The highest BCUT2D eigenvalue weighted by molar-refractivity contribution is 7.61. The van der Waals surface area contributed by atoms with E-state index in [9.17, 15) is 33.3 Å². The second-order valence-corrected chi connectivity index (χ2v) is 14.2. The van der Waals surface area contributed by atoms with Gasteiger partial charge in [0.1, 0.15) is 25.9 Å². The van der Waals surface area contributed by atoms with Gasteiger partial charge in [-0.25, -0.2) is 14.4 Å². The Labute approximate surface area is 241 Å². The van der Waals surface area contributed by atoms with Crippen molar-refractivity contribution in [3.05, 3.63) is 66.8 Å². The number of carbonyl (C=O) groups excluding carboxylic acids is 3. The minimum atomic E-state index is -4.03. The molecule has 230 valence electrons. The minimum Gasteiger partial charge on any atom is -0.460 e. The first-order valence-corrected chi connectivity index (χ1v) is 15.4. The average Bonchev–Trinajstić information content (AvgIpc) is 2.87.